The molecule has 0 spiro atoms. The van der Waals surface area contributed by atoms with Gasteiger partial charge in [-0.2, -0.15) is 11.8 Å². The summed E-state index contributed by atoms with van der Waals surface area (Å²) < 4.78 is 5.67. The lowest BCUT2D eigenvalue weighted by molar-refractivity contribution is 0.111. The molecule has 1 aliphatic heterocycles. The number of aromatic nitrogens is 1. The lowest BCUT2D eigenvalue weighted by Gasteiger charge is -2.04. The van der Waals surface area contributed by atoms with Gasteiger partial charge in [-0.25, -0.2) is 4.98 Å². The standard InChI is InChI=1S/C15H16ClNOS2/c16-12-5-3-11(4-6-12)8-19-9-13-10-20-15(17-13)14-2-1-7-18-14/h3-6,10,14H,1-2,7-9H2. The second-order valence-corrected chi connectivity index (χ2v) is 7.11. The van der Waals surface area contributed by atoms with E-state index in [0.717, 1.165) is 41.0 Å². The zero-order valence-electron chi connectivity index (χ0n) is 11.0. The van der Waals surface area contributed by atoms with Crippen LogP contribution in [-0.2, 0) is 16.2 Å². The van der Waals surface area contributed by atoms with Gasteiger partial charge in [-0.3, -0.25) is 0 Å². The van der Waals surface area contributed by atoms with E-state index in [1.165, 1.54) is 11.3 Å². The summed E-state index contributed by atoms with van der Waals surface area (Å²) in [5.74, 6) is 1.94. The molecule has 1 aromatic heterocycles. The summed E-state index contributed by atoms with van der Waals surface area (Å²) in [5.41, 5.74) is 2.47. The van der Waals surface area contributed by atoms with Crippen molar-refractivity contribution in [2.24, 2.45) is 0 Å². The van der Waals surface area contributed by atoms with Crippen molar-refractivity contribution >= 4 is 34.7 Å². The monoisotopic (exact) mass is 325 g/mol. The second kappa shape index (κ2) is 6.94. The van der Waals surface area contributed by atoms with Crippen molar-refractivity contribution in [2.75, 3.05) is 6.61 Å². The van der Waals surface area contributed by atoms with E-state index >= 15 is 0 Å². The van der Waals surface area contributed by atoms with E-state index in [1.807, 2.05) is 23.9 Å². The maximum atomic E-state index is 5.88. The highest BCUT2D eigenvalue weighted by Crippen LogP contribution is 2.31. The number of ether oxygens (including phenoxy) is 1. The van der Waals surface area contributed by atoms with Crippen LogP contribution in [0.15, 0.2) is 29.6 Å². The van der Waals surface area contributed by atoms with Gasteiger partial charge in [0.25, 0.3) is 0 Å². The van der Waals surface area contributed by atoms with Gasteiger partial charge < -0.3 is 4.74 Å². The molecule has 2 nitrogen and oxygen atoms in total. The predicted octanol–water partition coefficient (Wildman–Crippen LogP) is 5.08. The van der Waals surface area contributed by atoms with Crippen LogP contribution in [0.1, 0.15) is 35.2 Å². The van der Waals surface area contributed by atoms with Crippen molar-refractivity contribution in [3.8, 4) is 0 Å². The Kier molecular flexibility index (Phi) is 4.99. The summed E-state index contributed by atoms with van der Waals surface area (Å²) in [7, 11) is 0. The molecule has 1 unspecified atom stereocenters. The summed E-state index contributed by atoms with van der Waals surface area (Å²) in [5, 5.41) is 4.09. The lowest BCUT2D eigenvalue weighted by Crippen LogP contribution is -1.95. The van der Waals surface area contributed by atoms with E-state index in [4.69, 9.17) is 16.3 Å². The Morgan fingerprint density at radius 3 is 2.90 bits per heavy atom. The second-order valence-electron chi connectivity index (χ2n) is 4.80. The Morgan fingerprint density at radius 1 is 1.30 bits per heavy atom. The summed E-state index contributed by atoms with van der Waals surface area (Å²) in [4.78, 5) is 4.69. The number of nitrogens with zero attached hydrogens (tertiary/aromatic N) is 1. The molecule has 1 fully saturated rings. The van der Waals surface area contributed by atoms with Crippen LogP contribution in [0.3, 0.4) is 0 Å². The molecule has 0 amide bonds. The molecular weight excluding hydrogens is 310 g/mol. The molecule has 0 N–H and O–H groups in total. The average molecular weight is 326 g/mol. The summed E-state index contributed by atoms with van der Waals surface area (Å²) in [6, 6.07) is 8.04. The molecule has 1 aromatic carbocycles. The molecule has 0 bridgehead atoms. The van der Waals surface area contributed by atoms with Gasteiger partial charge in [0.05, 0.1) is 5.69 Å². The van der Waals surface area contributed by atoms with Gasteiger partial charge in [0, 0.05) is 28.5 Å². The molecular formula is C15H16ClNOS2. The third-order valence-electron chi connectivity index (χ3n) is 3.21. The van der Waals surface area contributed by atoms with Crippen LogP contribution in [0, 0.1) is 0 Å². The van der Waals surface area contributed by atoms with Crippen LogP contribution in [0.4, 0.5) is 0 Å². The summed E-state index contributed by atoms with van der Waals surface area (Å²) in [6.07, 6.45) is 2.52. The van der Waals surface area contributed by atoms with Crippen molar-refractivity contribution in [1.82, 2.24) is 4.98 Å². The minimum absolute atomic E-state index is 0.245. The molecule has 0 radical (unpaired) electrons. The fraction of sp³-hybridized carbons (Fsp3) is 0.400. The normalized spacial score (nSPS) is 18.6. The van der Waals surface area contributed by atoms with Gasteiger partial charge in [-0.1, -0.05) is 23.7 Å². The number of thiazole rings is 1. The van der Waals surface area contributed by atoms with Gasteiger partial charge in [-0.05, 0) is 30.5 Å². The van der Waals surface area contributed by atoms with Crippen molar-refractivity contribution < 1.29 is 4.74 Å². The van der Waals surface area contributed by atoms with Gasteiger partial charge >= 0.3 is 0 Å². The molecule has 2 heterocycles. The van der Waals surface area contributed by atoms with Gasteiger partial charge in [0.15, 0.2) is 0 Å². The minimum Gasteiger partial charge on any atom is -0.371 e. The maximum absolute atomic E-state index is 5.88. The Bertz CT molecular complexity index is 549. The molecule has 106 valence electrons. The van der Waals surface area contributed by atoms with Crippen LogP contribution in [0.5, 0.6) is 0 Å². The molecule has 0 saturated carbocycles. The Morgan fingerprint density at radius 2 is 2.15 bits per heavy atom. The SMILES string of the molecule is Clc1ccc(CSCc2csc(C3CCCO3)n2)cc1. The van der Waals surface area contributed by atoms with Crippen LogP contribution in [-0.4, -0.2) is 11.6 Å². The maximum Gasteiger partial charge on any atom is 0.122 e. The smallest absolute Gasteiger partial charge is 0.122 e. The first kappa shape index (κ1) is 14.4. The first-order valence-corrected chi connectivity index (χ1v) is 9.10. The molecule has 5 heteroatoms. The zero-order valence-corrected chi connectivity index (χ0v) is 13.4. The van der Waals surface area contributed by atoms with E-state index in [0.29, 0.717) is 0 Å². The molecule has 1 saturated heterocycles. The molecule has 2 aromatic rings. The molecule has 1 aliphatic rings. The topological polar surface area (TPSA) is 22.1 Å². The first-order valence-electron chi connectivity index (χ1n) is 6.69. The average Bonchev–Trinajstić information content (AvgIpc) is 3.11. The Hall–Kier alpha value is -0.550. The number of hydrogen-bond donors (Lipinski definition) is 0. The fourth-order valence-electron chi connectivity index (χ4n) is 2.16. The van der Waals surface area contributed by atoms with Crippen LogP contribution in [0.2, 0.25) is 5.02 Å². The molecule has 20 heavy (non-hydrogen) atoms. The molecule has 3 rings (SSSR count). The largest absolute Gasteiger partial charge is 0.371 e. The van der Waals surface area contributed by atoms with E-state index in [9.17, 15) is 0 Å². The van der Waals surface area contributed by atoms with Crippen molar-refractivity contribution in [2.45, 2.75) is 30.5 Å². The quantitative estimate of drug-likeness (QED) is 0.765. The predicted molar refractivity (Wildman–Crippen MR) is 86.5 cm³/mol. The van der Waals surface area contributed by atoms with E-state index in [-0.39, 0.29) is 6.10 Å². The summed E-state index contributed by atoms with van der Waals surface area (Å²) >= 11 is 9.49. The lowest BCUT2D eigenvalue weighted by atomic mass is 10.2. The van der Waals surface area contributed by atoms with Crippen LogP contribution < -0.4 is 0 Å². The number of benzene rings is 1. The molecule has 0 aliphatic carbocycles. The number of thioether (sulfide) groups is 1. The highest BCUT2D eigenvalue weighted by Gasteiger charge is 2.20. The number of halogens is 1. The van der Waals surface area contributed by atoms with Crippen LogP contribution in [0.25, 0.3) is 0 Å². The number of hydrogen-bond acceptors (Lipinski definition) is 4. The van der Waals surface area contributed by atoms with E-state index in [2.05, 4.69) is 22.5 Å². The van der Waals surface area contributed by atoms with E-state index in [1.54, 1.807) is 11.3 Å². The van der Waals surface area contributed by atoms with E-state index < -0.39 is 0 Å². The highest BCUT2D eigenvalue weighted by molar-refractivity contribution is 7.97. The minimum atomic E-state index is 0.245. The van der Waals surface area contributed by atoms with Gasteiger partial charge in [-0.15, -0.1) is 11.3 Å². The Balaban J connectivity index is 1.49. The van der Waals surface area contributed by atoms with Gasteiger partial charge in [0.1, 0.15) is 11.1 Å². The Labute approximate surface area is 132 Å². The highest BCUT2D eigenvalue weighted by atomic mass is 35.5. The van der Waals surface area contributed by atoms with Gasteiger partial charge in [0.2, 0.25) is 0 Å². The third-order valence-corrected chi connectivity index (χ3v) is 5.48. The first-order chi connectivity index (χ1) is 9.81. The molecule has 1 atom stereocenters. The van der Waals surface area contributed by atoms with Crippen LogP contribution >= 0.6 is 34.7 Å². The fourth-order valence-corrected chi connectivity index (χ4v) is 4.18. The zero-order chi connectivity index (χ0) is 13.8. The van der Waals surface area contributed by atoms with Crippen molar-refractivity contribution in [3.63, 3.8) is 0 Å². The number of rotatable bonds is 5. The third kappa shape index (κ3) is 3.76. The van der Waals surface area contributed by atoms with Crippen molar-refractivity contribution in [3.05, 3.63) is 50.9 Å². The van der Waals surface area contributed by atoms with Crippen molar-refractivity contribution in [1.29, 1.82) is 0 Å². The summed E-state index contributed by atoms with van der Waals surface area (Å²) in [6.45, 7) is 0.880.